The van der Waals surface area contributed by atoms with Gasteiger partial charge in [-0.05, 0) is 23.8 Å². The summed E-state index contributed by atoms with van der Waals surface area (Å²) in [6.07, 6.45) is 9.56. The van der Waals surface area contributed by atoms with Gasteiger partial charge in [-0.25, -0.2) is 9.97 Å². The fourth-order valence-electron chi connectivity index (χ4n) is 4.81. The van der Waals surface area contributed by atoms with E-state index in [-0.39, 0.29) is 5.41 Å². The Morgan fingerprint density at radius 2 is 1.79 bits per heavy atom. The highest BCUT2D eigenvalue weighted by molar-refractivity contribution is 5.79. The molecule has 28 heavy (non-hydrogen) atoms. The maximum Gasteiger partial charge on any atom is 0.146 e. The molecule has 1 aliphatic heterocycles. The lowest BCUT2D eigenvalue weighted by atomic mass is 9.86. The molecule has 3 heterocycles. The third-order valence-corrected chi connectivity index (χ3v) is 6.45. The number of nitrogens with zero attached hydrogens (tertiary/aromatic N) is 3. The molecule has 0 spiro atoms. The van der Waals surface area contributed by atoms with Gasteiger partial charge in [0.1, 0.15) is 11.6 Å². The quantitative estimate of drug-likeness (QED) is 0.625. The van der Waals surface area contributed by atoms with Crippen LogP contribution in [0.2, 0.25) is 0 Å². The normalized spacial score (nSPS) is 17.7. The van der Waals surface area contributed by atoms with Crippen molar-refractivity contribution in [2.75, 3.05) is 11.9 Å². The monoisotopic (exact) mass is 374 g/mol. The van der Waals surface area contributed by atoms with E-state index in [0.717, 1.165) is 30.0 Å². The SMILES string of the molecule is CC(C)(C)c1ccc(-c2nc(C3CCCCC3)n3c4c(ncc23)NCC4)cc1. The largest absolute Gasteiger partial charge is 0.368 e. The lowest BCUT2D eigenvalue weighted by Gasteiger charge is -2.21. The maximum atomic E-state index is 5.25. The van der Waals surface area contributed by atoms with E-state index in [1.54, 1.807) is 0 Å². The van der Waals surface area contributed by atoms with Crippen LogP contribution < -0.4 is 5.32 Å². The van der Waals surface area contributed by atoms with Gasteiger partial charge in [-0.2, -0.15) is 0 Å². The number of hydrogen-bond acceptors (Lipinski definition) is 3. The molecule has 4 nitrogen and oxygen atoms in total. The summed E-state index contributed by atoms with van der Waals surface area (Å²) in [5.41, 5.74) is 6.27. The van der Waals surface area contributed by atoms with Gasteiger partial charge in [0, 0.05) is 24.4 Å². The molecular formula is C24H30N4. The molecule has 4 heteroatoms. The fraction of sp³-hybridized carbons (Fsp3) is 0.500. The minimum atomic E-state index is 0.163. The molecule has 0 unspecified atom stereocenters. The number of rotatable bonds is 2. The van der Waals surface area contributed by atoms with Crippen LogP contribution in [0, 0.1) is 0 Å². The second kappa shape index (κ2) is 6.61. The second-order valence-electron chi connectivity index (χ2n) is 9.43. The van der Waals surface area contributed by atoms with Gasteiger partial charge in [0.25, 0.3) is 0 Å². The second-order valence-corrected chi connectivity index (χ2v) is 9.43. The van der Waals surface area contributed by atoms with Crippen LogP contribution in [0.15, 0.2) is 30.5 Å². The molecule has 0 bridgehead atoms. The van der Waals surface area contributed by atoms with Gasteiger partial charge in [-0.3, -0.25) is 4.40 Å². The van der Waals surface area contributed by atoms with Gasteiger partial charge in [-0.15, -0.1) is 0 Å². The Hall–Kier alpha value is -2.36. The number of aromatic nitrogens is 3. The lowest BCUT2D eigenvalue weighted by Crippen LogP contribution is -2.10. The van der Waals surface area contributed by atoms with Gasteiger partial charge >= 0.3 is 0 Å². The number of fused-ring (bicyclic) bond motifs is 3. The average Bonchev–Trinajstić information content (AvgIpc) is 3.32. The third kappa shape index (κ3) is 2.90. The first-order valence-electron chi connectivity index (χ1n) is 10.8. The minimum Gasteiger partial charge on any atom is -0.368 e. The number of anilines is 1. The Morgan fingerprint density at radius 1 is 1.04 bits per heavy atom. The summed E-state index contributed by atoms with van der Waals surface area (Å²) in [4.78, 5) is 9.96. The summed E-state index contributed by atoms with van der Waals surface area (Å²) in [6.45, 7) is 7.75. The van der Waals surface area contributed by atoms with Crippen molar-refractivity contribution in [3.05, 3.63) is 47.5 Å². The summed E-state index contributed by atoms with van der Waals surface area (Å²) in [5.74, 6) is 2.86. The van der Waals surface area contributed by atoms with Crippen molar-refractivity contribution < 1.29 is 0 Å². The first-order valence-corrected chi connectivity index (χ1v) is 10.8. The van der Waals surface area contributed by atoms with Crippen molar-refractivity contribution in [1.29, 1.82) is 0 Å². The maximum absolute atomic E-state index is 5.25. The molecule has 1 fully saturated rings. The van der Waals surface area contributed by atoms with E-state index in [0.29, 0.717) is 5.92 Å². The average molecular weight is 375 g/mol. The number of benzene rings is 1. The number of hydrogen-bond donors (Lipinski definition) is 1. The highest BCUT2D eigenvalue weighted by Gasteiger charge is 2.27. The van der Waals surface area contributed by atoms with Crippen LogP contribution >= 0.6 is 0 Å². The van der Waals surface area contributed by atoms with E-state index < -0.39 is 0 Å². The Morgan fingerprint density at radius 3 is 2.50 bits per heavy atom. The van der Waals surface area contributed by atoms with Crippen molar-refractivity contribution in [3.8, 4) is 11.3 Å². The Kier molecular flexibility index (Phi) is 4.18. The van der Waals surface area contributed by atoms with Crippen molar-refractivity contribution in [3.63, 3.8) is 0 Å². The zero-order valence-electron chi connectivity index (χ0n) is 17.3. The first-order chi connectivity index (χ1) is 13.5. The first kappa shape index (κ1) is 17.7. The lowest BCUT2D eigenvalue weighted by molar-refractivity contribution is 0.427. The van der Waals surface area contributed by atoms with E-state index in [9.17, 15) is 0 Å². The van der Waals surface area contributed by atoms with Crippen LogP contribution in [-0.2, 0) is 11.8 Å². The molecular weight excluding hydrogens is 344 g/mol. The molecule has 0 amide bonds. The molecule has 1 N–H and O–H groups in total. The Balaban J connectivity index is 1.67. The van der Waals surface area contributed by atoms with Crippen LogP contribution in [0.5, 0.6) is 0 Å². The molecule has 3 aromatic rings. The van der Waals surface area contributed by atoms with Gasteiger partial charge in [0.2, 0.25) is 0 Å². The van der Waals surface area contributed by atoms with E-state index in [1.807, 2.05) is 6.20 Å². The molecule has 1 saturated carbocycles. The Labute approximate surface area is 167 Å². The van der Waals surface area contributed by atoms with Crippen molar-refractivity contribution >= 4 is 11.3 Å². The molecule has 5 rings (SSSR count). The molecule has 2 aromatic heterocycles. The van der Waals surface area contributed by atoms with Crippen LogP contribution in [0.4, 0.5) is 5.82 Å². The van der Waals surface area contributed by atoms with Crippen LogP contribution in [0.3, 0.4) is 0 Å². The number of nitrogens with one attached hydrogen (secondary N) is 1. The number of imidazole rings is 1. The third-order valence-electron chi connectivity index (χ3n) is 6.45. The van der Waals surface area contributed by atoms with Gasteiger partial charge < -0.3 is 5.32 Å². The smallest absolute Gasteiger partial charge is 0.146 e. The zero-order chi connectivity index (χ0) is 19.3. The van der Waals surface area contributed by atoms with Crippen molar-refractivity contribution in [2.45, 2.75) is 70.6 Å². The summed E-state index contributed by atoms with van der Waals surface area (Å²) in [5, 5.41) is 3.44. The van der Waals surface area contributed by atoms with Crippen LogP contribution in [0.1, 0.15) is 75.9 Å². The topological polar surface area (TPSA) is 42.2 Å². The predicted octanol–water partition coefficient (Wildman–Crippen LogP) is 5.71. The highest BCUT2D eigenvalue weighted by atomic mass is 15.1. The molecule has 0 radical (unpaired) electrons. The molecule has 2 aliphatic rings. The summed E-state index contributed by atoms with van der Waals surface area (Å²) < 4.78 is 2.44. The fourth-order valence-corrected chi connectivity index (χ4v) is 4.81. The van der Waals surface area contributed by atoms with Crippen molar-refractivity contribution in [1.82, 2.24) is 14.4 Å². The Bertz CT molecular complexity index is 1000. The molecule has 1 aromatic carbocycles. The molecule has 0 atom stereocenters. The summed E-state index contributed by atoms with van der Waals surface area (Å²) in [6, 6.07) is 8.98. The van der Waals surface area contributed by atoms with Crippen molar-refractivity contribution in [2.24, 2.45) is 0 Å². The van der Waals surface area contributed by atoms with Gasteiger partial charge in [0.05, 0.1) is 23.1 Å². The standard InChI is InChI=1S/C24H30N4/c1-24(2,3)18-11-9-16(10-12-18)21-20-15-26-22-19(13-14-25-22)28(20)23(27-21)17-7-5-4-6-8-17/h9-12,15,17,25H,4-8,13-14H2,1-3H3. The van der Waals surface area contributed by atoms with E-state index in [4.69, 9.17) is 9.97 Å². The molecule has 1 aliphatic carbocycles. The van der Waals surface area contributed by atoms with E-state index >= 15 is 0 Å². The van der Waals surface area contributed by atoms with E-state index in [2.05, 4.69) is 54.8 Å². The molecule has 0 saturated heterocycles. The summed E-state index contributed by atoms with van der Waals surface area (Å²) in [7, 11) is 0. The highest BCUT2D eigenvalue weighted by Crippen LogP contribution is 2.38. The van der Waals surface area contributed by atoms with Gasteiger partial charge in [0.15, 0.2) is 0 Å². The summed E-state index contributed by atoms with van der Waals surface area (Å²) >= 11 is 0. The predicted molar refractivity (Wildman–Crippen MR) is 115 cm³/mol. The molecule has 146 valence electrons. The zero-order valence-corrected chi connectivity index (χ0v) is 17.3. The van der Waals surface area contributed by atoms with E-state index in [1.165, 1.54) is 54.7 Å². The minimum absolute atomic E-state index is 0.163. The van der Waals surface area contributed by atoms with Gasteiger partial charge in [-0.1, -0.05) is 64.3 Å². The van der Waals surface area contributed by atoms with Crippen LogP contribution in [-0.4, -0.2) is 20.9 Å². The van der Waals surface area contributed by atoms with Crippen LogP contribution in [0.25, 0.3) is 16.8 Å².